The molecule has 1 aromatic heterocycles. The number of nitrogens with one attached hydrogen (secondary N) is 2. The quantitative estimate of drug-likeness (QED) is 0.807. The number of rotatable bonds is 7. The minimum absolute atomic E-state index is 0.0126. The number of para-hydroxylation sites is 1. The Hall–Kier alpha value is -2.58. The van der Waals surface area contributed by atoms with Gasteiger partial charge in [-0.2, -0.15) is 14.0 Å². The van der Waals surface area contributed by atoms with Crippen molar-refractivity contribution in [2.24, 2.45) is 0 Å². The van der Waals surface area contributed by atoms with E-state index in [-0.39, 0.29) is 24.8 Å². The first-order valence-corrected chi connectivity index (χ1v) is 7.08. The predicted octanol–water partition coefficient (Wildman–Crippen LogP) is 1.61. The van der Waals surface area contributed by atoms with Gasteiger partial charge in [0.05, 0.1) is 12.2 Å². The largest absolute Gasteiger partial charge is 0.493 e. The second kappa shape index (κ2) is 7.12. The van der Waals surface area contributed by atoms with Crippen molar-refractivity contribution in [1.82, 2.24) is 25.9 Å². The van der Waals surface area contributed by atoms with Crippen LogP contribution in [0.5, 0.6) is 5.75 Å². The van der Waals surface area contributed by atoms with Crippen LogP contribution >= 0.6 is 0 Å². The van der Waals surface area contributed by atoms with Crippen molar-refractivity contribution in [3.63, 3.8) is 0 Å². The van der Waals surface area contributed by atoms with E-state index in [0.29, 0.717) is 5.82 Å². The number of tetrazole rings is 1. The van der Waals surface area contributed by atoms with Gasteiger partial charge in [0.1, 0.15) is 5.75 Å². The fourth-order valence-corrected chi connectivity index (χ4v) is 1.96. The molecule has 1 atom stereocenters. The molecule has 23 heavy (non-hydrogen) atoms. The molecule has 0 aliphatic carbocycles. The molecular weight excluding hydrogens is 308 g/mol. The minimum Gasteiger partial charge on any atom is -0.493 e. The monoisotopic (exact) mass is 325 g/mol. The lowest BCUT2D eigenvalue weighted by atomic mass is 10.1. The van der Waals surface area contributed by atoms with Crippen LogP contribution in [-0.4, -0.2) is 39.7 Å². The van der Waals surface area contributed by atoms with Gasteiger partial charge in [0.25, 0.3) is 5.91 Å². The van der Waals surface area contributed by atoms with Crippen molar-refractivity contribution in [3.8, 4) is 5.75 Å². The van der Waals surface area contributed by atoms with Crippen molar-refractivity contribution >= 4 is 5.91 Å². The maximum absolute atomic E-state index is 14.4. The van der Waals surface area contributed by atoms with Crippen LogP contribution in [-0.2, 0) is 10.7 Å². The molecule has 2 aromatic rings. The van der Waals surface area contributed by atoms with Gasteiger partial charge in [0, 0.05) is 12.5 Å². The van der Waals surface area contributed by atoms with Crippen LogP contribution in [0, 0.1) is 0 Å². The highest BCUT2D eigenvalue weighted by Gasteiger charge is 2.43. The number of hydrogen-bond donors (Lipinski definition) is 2. The normalized spacial score (nSPS) is 12.7. The van der Waals surface area contributed by atoms with Gasteiger partial charge >= 0.3 is 5.92 Å². The van der Waals surface area contributed by atoms with Gasteiger partial charge < -0.3 is 10.1 Å². The average molecular weight is 325 g/mol. The van der Waals surface area contributed by atoms with E-state index >= 15 is 0 Å². The molecule has 0 fully saturated rings. The number of hydrogen-bond acceptors (Lipinski definition) is 5. The van der Waals surface area contributed by atoms with Gasteiger partial charge in [-0.05, 0) is 19.1 Å². The Labute approximate surface area is 131 Å². The highest BCUT2D eigenvalue weighted by molar-refractivity contribution is 5.85. The van der Waals surface area contributed by atoms with Gasteiger partial charge in [-0.25, -0.2) is 0 Å². The van der Waals surface area contributed by atoms with E-state index < -0.39 is 17.4 Å². The molecule has 0 aliphatic heterocycles. The van der Waals surface area contributed by atoms with Crippen molar-refractivity contribution < 1.29 is 18.3 Å². The first kappa shape index (κ1) is 16.8. The van der Waals surface area contributed by atoms with Crippen molar-refractivity contribution in [1.29, 1.82) is 0 Å². The Kier molecular flexibility index (Phi) is 5.20. The molecule has 0 radical (unpaired) electrons. The Morgan fingerprint density at radius 2 is 2.17 bits per heavy atom. The third kappa shape index (κ3) is 3.79. The first-order chi connectivity index (χ1) is 11.0. The third-order valence-corrected chi connectivity index (χ3v) is 3.18. The number of benzene rings is 1. The summed E-state index contributed by atoms with van der Waals surface area (Å²) in [6, 6.07) is 5.58. The number of aromatic amines is 1. The summed E-state index contributed by atoms with van der Waals surface area (Å²) in [5.41, 5.74) is -0.466. The molecule has 0 unspecified atom stereocenters. The highest BCUT2D eigenvalue weighted by atomic mass is 19.3. The Balaban J connectivity index is 2.08. The number of ether oxygens (including phenoxy) is 1. The van der Waals surface area contributed by atoms with E-state index in [1.165, 1.54) is 18.2 Å². The highest BCUT2D eigenvalue weighted by Crippen LogP contribution is 2.35. The van der Waals surface area contributed by atoms with Crippen LogP contribution in [0.4, 0.5) is 8.78 Å². The summed E-state index contributed by atoms with van der Waals surface area (Å²) in [5.74, 6) is -5.14. The standard InChI is InChI=1S/C14H17F2N5O2/c1-3-23-11-7-5-4-6-10(11)14(15,16)13(22)17-8-9(2)12-18-20-21-19-12/h4-7,9H,3,8H2,1-2H3,(H,17,22)(H,18,19,20,21)/t9-/m1/s1. The molecule has 7 nitrogen and oxygen atoms in total. The molecule has 0 spiro atoms. The molecule has 124 valence electrons. The Bertz CT molecular complexity index is 648. The number of nitrogens with zero attached hydrogens (tertiary/aromatic N) is 3. The lowest BCUT2D eigenvalue weighted by Gasteiger charge is -2.20. The summed E-state index contributed by atoms with van der Waals surface area (Å²) in [6.45, 7) is 3.56. The second-order valence-corrected chi connectivity index (χ2v) is 4.88. The van der Waals surface area contributed by atoms with Crippen LogP contribution < -0.4 is 10.1 Å². The van der Waals surface area contributed by atoms with Gasteiger partial charge in [-0.3, -0.25) is 4.79 Å². The maximum Gasteiger partial charge on any atom is 0.353 e. The smallest absolute Gasteiger partial charge is 0.353 e. The Morgan fingerprint density at radius 1 is 1.43 bits per heavy atom. The lowest BCUT2D eigenvalue weighted by Crippen LogP contribution is -2.40. The summed E-state index contributed by atoms with van der Waals surface area (Å²) in [5, 5.41) is 15.4. The van der Waals surface area contributed by atoms with E-state index in [1.54, 1.807) is 19.9 Å². The van der Waals surface area contributed by atoms with Crippen LogP contribution in [0.25, 0.3) is 0 Å². The molecular formula is C14H17F2N5O2. The van der Waals surface area contributed by atoms with Crippen LogP contribution in [0.15, 0.2) is 24.3 Å². The second-order valence-electron chi connectivity index (χ2n) is 4.88. The fourth-order valence-electron chi connectivity index (χ4n) is 1.96. The number of carbonyl (C=O) groups is 1. The predicted molar refractivity (Wildman–Crippen MR) is 77.1 cm³/mol. The third-order valence-electron chi connectivity index (χ3n) is 3.18. The van der Waals surface area contributed by atoms with Crippen molar-refractivity contribution in [3.05, 3.63) is 35.7 Å². The number of alkyl halides is 2. The number of aromatic nitrogens is 4. The molecule has 1 heterocycles. The van der Waals surface area contributed by atoms with E-state index in [1.807, 2.05) is 0 Å². The number of H-pyrrole nitrogens is 1. The van der Waals surface area contributed by atoms with E-state index in [9.17, 15) is 13.6 Å². The maximum atomic E-state index is 14.4. The van der Waals surface area contributed by atoms with E-state index in [0.717, 1.165) is 0 Å². The van der Waals surface area contributed by atoms with E-state index in [4.69, 9.17) is 4.74 Å². The van der Waals surface area contributed by atoms with Crippen molar-refractivity contribution in [2.45, 2.75) is 25.7 Å². The zero-order valence-corrected chi connectivity index (χ0v) is 12.7. The fraction of sp³-hybridized carbons (Fsp3) is 0.429. The van der Waals surface area contributed by atoms with Crippen LogP contribution in [0.1, 0.15) is 31.2 Å². The molecule has 2 rings (SSSR count). The summed E-state index contributed by atoms with van der Waals surface area (Å²) in [7, 11) is 0. The van der Waals surface area contributed by atoms with Gasteiger partial charge in [0.2, 0.25) is 0 Å². The topological polar surface area (TPSA) is 92.8 Å². The summed E-state index contributed by atoms with van der Waals surface area (Å²) < 4.78 is 33.9. The first-order valence-electron chi connectivity index (χ1n) is 7.08. The van der Waals surface area contributed by atoms with Gasteiger partial charge in [-0.1, -0.05) is 24.3 Å². The molecule has 1 aromatic carbocycles. The van der Waals surface area contributed by atoms with E-state index in [2.05, 4.69) is 25.9 Å². The molecule has 0 saturated carbocycles. The number of amides is 1. The van der Waals surface area contributed by atoms with Gasteiger partial charge in [0.15, 0.2) is 5.82 Å². The number of halogens is 2. The lowest BCUT2D eigenvalue weighted by molar-refractivity contribution is -0.147. The van der Waals surface area contributed by atoms with Crippen LogP contribution in [0.2, 0.25) is 0 Å². The summed E-state index contributed by atoms with van der Waals surface area (Å²) in [4.78, 5) is 11.9. The summed E-state index contributed by atoms with van der Waals surface area (Å²) >= 11 is 0. The Morgan fingerprint density at radius 3 is 2.83 bits per heavy atom. The number of carbonyl (C=O) groups excluding carboxylic acids is 1. The molecule has 9 heteroatoms. The van der Waals surface area contributed by atoms with Crippen molar-refractivity contribution in [2.75, 3.05) is 13.2 Å². The average Bonchev–Trinajstić information content (AvgIpc) is 3.07. The van der Waals surface area contributed by atoms with Gasteiger partial charge in [-0.15, -0.1) is 10.2 Å². The molecule has 2 N–H and O–H groups in total. The summed E-state index contributed by atoms with van der Waals surface area (Å²) in [6.07, 6.45) is 0. The zero-order valence-electron chi connectivity index (χ0n) is 12.7. The SMILES string of the molecule is CCOc1ccccc1C(F)(F)C(=O)NC[C@@H](C)c1nn[nH]n1. The molecule has 0 bridgehead atoms. The molecule has 0 aliphatic rings. The molecule has 0 saturated heterocycles. The zero-order chi connectivity index (χ0) is 16.9. The van der Waals surface area contributed by atoms with Crippen LogP contribution in [0.3, 0.4) is 0 Å². The molecule has 1 amide bonds. The minimum atomic E-state index is -3.71.